The summed E-state index contributed by atoms with van der Waals surface area (Å²) < 4.78 is 17.9. The Hall–Kier alpha value is -1.09. The van der Waals surface area contributed by atoms with Gasteiger partial charge in [0.1, 0.15) is 5.82 Å². The van der Waals surface area contributed by atoms with Gasteiger partial charge in [-0.2, -0.15) is 0 Å². The second-order valence-corrected chi connectivity index (χ2v) is 4.28. The molecule has 0 N–H and O–H groups in total. The van der Waals surface area contributed by atoms with Crippen molar-refractivity contribution in [1.82, 2.24) is 0 Å². The zero-order valence-electron chi connectivity index (χ0n) is 9.46. The van der Waals surface area contributed by atoms with Crippen molar-refractivity contribution in [2.24, 2.45) is 0 Å². The third-order valence-electron chi connectivity index (χ3n) is 2.13. The minimum absolute atomic E-state index is 0.172. The summed E-state index contributed by atoms with van der Waals surface area (Å²) in [5, 5.41) is 0.244. The van der Waals surface area contributed by atoms with Gasteiger partial charge in [-0.25, -0.2) is 4.39 Å². The van der Waals surface area contributed by atoms with E-state index < -0.39 is 11.7 Å². The quantitative estimate of drug-likeness (QED) is 0.761. The summed E-state index contributed by atoms with van der Waals surface area (Å²) in [6.45, 7) is 5.23. The van der Waals surface area contributed by atoms with Crippen LogP contribution in [0.4, 0.5) is 4.39 Å². The Morgan fingerprint density at radius 3 is 2.50 bits per heavy atom. The number of ether oxygens (including phenoxy) is 1. The van der Waals surface area contributed by atoms with Crippen LogP contribution in [-0.4, -0.2) is 12.1 Å². The molecule has 16 heavy (non-hydrogen) atoms. The fourth-order valence-electron chi connectivity index (χ4n) is 1.31. The van der Waals surface area contributed by atoms with E-state index in [9.17, 15) is 9.18 Å². The van der Waals surface area contributed by atoms with Crippen LogP contribution in [-0.2, 0) is 9.53 Å². The standard InChI is InChI=1S/C12H14ClFO2/c1-7(2)16-12(15)8(3)10-5-4-9(14)6-11(10)13/h4-8H,1-3H3. The Balaban J connectivity index is 2.87. The number of esters is 1. The minimum Gasteiger partial charge on any atom is -0.463 e. The third kappa shape index (κ3) is 3.20. The molecule has 88 valence electrons. The van der Waals surface area contributed by atoms with Crippen molar-refractivity contribution >= 4 is 17.6 Å². The largest absolute Gasteiger partial charge is 0.463 e. The molecule has 1 aromatic carbocycles. The molecule has 1 rings (SSSR count). The molecule has 2 nitrogen and oxygen atoms in total. The monoisotopic (exact) mass is 244 g/mol. The first-order valence-electron chi connectivity index (χ1n) is 5.07. The molecular formula is C12H14ClFO2. The topological polar surface area (TPSA) is 26.3 Å². The lowest BCUT2D eigenvalue weighted by Crippen LogP contribution is -2.17. The number of hydrogen-bond donors (Lipinski definition) is 0. The molecule has 0 aliphatic rings. The Morgan fingerprint density at radius 1 is 1.38 bits per heavy atom. The van der Waals surface area contributed by atoms with Gasteiger partial charge in [0.2, 0.25) is 0 Å². The van der Waals surface area contributed by atoms with Gasteiger partial charge >= 0.3 is 5.97 Å². The average Bonchev–Trinajstić information content (AvgIpc) is 2.15. The van der Waals surface area contributed by atoms with Gasteiger partial charge in [-0.15, -0.1) is 0 Å². The normalized spacial score (nSPS) is 12.6. The highest BCUT2D eigenvalue weighted by Crippen LogP contribution is 2.26. The molecule has 0 spiro atoms. The van der Waals surface area contributed by atoms with Gasteiger partial charge in [-0.3, -0.25) is 4.79 Å². The molecule has 1 unspecified atom stereocenters. The minimum atomic E-state index is -0.490. The first-order valence-corrected chi connectivity index (χ1v) is 5.45. The second kappa shape index (κ2) is 5.30. The summed E-state index contributed by atoms with van der Waals surface area (Å²) >= 11 is 5.86. The SMILES string of the molecule is CC(C)OC(=O)C(C)c1ccc(F)cc1Cl. The van der Waals surface area contributed by atoms with Crippen LogP contribution in [0, 0.1) is 5.82 Å². The molecule has 0 fully saturated rings. The van der Waals surface area contributed by atoms with Gasteiger partial charge in [-0.05, 0) is 38.5 Å². The second-order valence-electron chi connectivity index (χ2n) is 3.87. The van der Waals surface area contributed by atoms with Crippen LogP contribution in [0.3, 0.4) is 0 Å². The lowest BCUT2D eigenvalue weighted by molar-refractivity contribution is -0.148. The van der Waals surface area contributed by atoms with Crippen LogP contribution in [0.5, 0.6) is 0 Å². The van der Waals surface area contributed by atoms with Crippen molar-refractivity contribution in [3.05, 3.63) is 34.6 Å². The lowest BCUT2D eigenvalue weighted by Gasteiger charge is -2.15. The van der Waals surface area contributed by atoms with Crippen molar-refractivity contribution in [3.63, 3.8) is 0 Å². The maximum Gasteiger partial charge on any atom is 0.313 e. The van der Waals surface area contributed by atoms with Crippen LogP contribution < -0.4 is 0 Å². The Morgan fingerprint density at radius 2 is 2.00 bits per heavy atom. The average molecular weight is 245 g/mol. The number of hydrogen-bond acceptors (Lipinski definition) is 2. The van der Waals surface area contributed by atoms with Crippen LogP contribution >= 0.6 is 11.6 Å². The summed E-state index contributed by atoms with van der Waals surface area (Å²) in [5.74, 6) is -1.27. The molecule has 0 radical (unpaired) electrons. The van der Waals surface area contributed by atoms with Gasteiger partial charge in [0.25, 0.3) is 0 Å². The Bertz CT molecular complexity index is 391. The Kier molecular flexibility index (Phi) is 4.30. The molecule has 0 saturated heterocycles. The number of carbonyl (C=O) groups is 1. The predicted molar refractivity (Wildman–Crippen MR) is 61.1 cm³/mol. The van der Waals surface area contributed by atoms with Crippen molar-refractivity contribution in [1.29, 1.82) is 0 Å². The summed E-state index contributed by atoms with van der Waals surface area (Å²) in [7, 11) is 0. The van der Waals surface area contributed by atoms with E-state index in [1.54, 1.807) is 20.8 Å². The zero-order chi connectivity index (χ0) is 12.3. The molecule has 1 atom stereocenters. The molecule has 4 heteroatoms. The van der Waals surface area contributed by atoms with Gasteiger partial charge < -0.3 is 4.74 Å². The van der Waals surface area contributed by atoms with Gasteiger partial charge in [0.05, 0.1) is 12.0 Å². The lowest BCUT2D eigenvalue weighted by atomic mass is 10.0. The zero-order valence-corrected chi connectivity index (χ0v) is 10.2. The molecule has 0 bridgehead atoms. The maximum absolute atomic E-state index is 12.8. The molecule has 0 saturated carbocycles. The number of carbonyl (C=O) groups excluding carboxylic acids is 1. The van der Waals surface area contributed by atoms with E-state index >= 15 is 0 Å². The summed E-state index contributed by atoms with van der Waals surface area (Å²) in [5.41, 5.74) is 0.578. The first-order chi connectivity index (χ1) is 7.41. The fourth-order valence-corrected chi connectivity index (χ4v) is 1.64. The van der Waals surface area contributed by atoms with Gasteiger partial charge in [-0.1, -0.05) is 17.7 Å². The first kappa shape index (κ1) is 13.0. The summed E-state index contributed by atoms with van der Waals surface area (Å²) in [4.78, 5) is 11.6. The highest BCUT2D eigenvalue weighted by molar-refractivity contribution is 6.31. The van der Waals surface area contributed by atoms with E-state index in [4.69, 9.17) is 16.3 Å². The van der Waals surface area contributed by atoms with Crippen LogP contribution in [0.25, 0.3) is 0 Å². The van der Waals surface area contributed by atoms with Crippen molar-refractivity contribution in [2.45, 2.75) is 32.8 Å². The van der Waals surface area contributed by atoms with Crippen molar-refractivity contribution in [3.8, 4) is 0 Å². The van der Waals surface area contributed by atoms with Crippen LogP contribution in [0.15, 0.2) is 18.2 Å². The number of rotatable bonds is 3. The van der Waals surface area contributed by atoms with E-state index in [2.05, 4.69) is 0 Å². The molecule has 0 aliphatic heterocycles. The van der Waals surface area contributed by atoms with E-state index in [0.717, 1.165) is 0 Å². The van der Waals surface area contributed by atoms with E-state index in [-0.39, 0.29) is 17.1 Å². The smallest absolute Gasteiger partial charge is 0.313 e. The van der Waals surface area contributed by atoms with E-state index in [0.29, 0.717) is 5.56 Å². The predicted octanol–water partition coefficient (Wildman–Crippen LogP) is 3.53. The molecule has 0 heterocycles. The number of benzene rings is 1. The fraction of sp³-hybridized carbons (Fsp3) is 0.417. The highest BCUT2D eigenvalue weighted by atomic mass is 35.5. The molecular weight excluding hydrogens is 231 g/mol. The third-order valence-corrected chi connectivity index (χ3v) is 2.46. The maximum atomic E-state index is 12.8. The van der Waals surface area contributed by atoms with E-state index in [1.165, 1.54) is 18.2 Å². The van der Waals surface area contributed by atoms with Gasteiger partial charge in [0, 0.05) is 5.02 Å². The van der Waals surface area contributed by atoms with Crippen LogP contribution in [0.2, 0.25) is 5.02 Å². The Labute approximate surface area is 99.4 Å². The summed E-state index contributed by atoms with van der Waals surface area (Å²) in [6.07, 6.45) is -0.172. The van der Waals surface area contributed by atoms with Crippen molar-refractivity contribution in [2.75, 3.05) is 0 Å². The van der Waals surface area contributed by atoms with E-state index in [1.807, 2.05) is 0 Å². The molecule has 0 aliphatic carbocycles. The molecule has 0 amide bonds. The highest BCUT2D eigenvalue weighted by Gasteiger charge is 2.20. The van der Waals surface area contributed by atoms with Crippen LogP contribution in [0.1, 0.15) is 32.3 Å². The molecule has 1 aromatic rings. The number of halogens is 2. The van der Waals surface area contributed by atoms with Crippen molar-refractivity contribution < 1.29 is 13.9 Å². The summed E-state index contributed by atoms with van der Waals surface area (Å²) in [6, 6.07) is 3.97. The molecule has 0 aromatic heterocycles. The van der Waals surface area contributed by atoms with Gasteiger partial charge in [0.15, 0.2) is 0 Å².